The van der Waals surface area contributed by atoms with Crippen LogP contribution in [0, 0.1) is 34.5 Å². The zero-order valence-electron chi connectivity index (χ0n) is 23.1. The van der Waals surface area contributed by atoms with Crippen molar-refractivity contribution >= 4 is 0 Å². The lowest BCUT2D eigenvalue weighted by molar-refractivity contribution is 0.00377. The van der Waals surface area contributed by atoms with Crippen LogP contribution in [-0.2, 0) is 0 Å². The molecule has 4 atom stereocenters. The summed E-state index contributed by atoms with van der Waals surface area (Å²) in [5.74, 6) is 3.46. The molecule has 1 N–H and O–H groups in total. The van der Waals surface area contributed by atoms with Gasteiger partial charge in [0.1, 0.15) is 0 Å². The van der Waals surface area contributed by atoms with Gasteiger partial charge in [0.2, 0.25) is 0 Å². The Hall–Kier alpha value is -1.08. The molecule has 4 aliphatic rings. The van der Waals surface area contributed by atoms with E-state index < -0.39 is 0 Å². The van der Waals surface area contributed by atoms with Crippen LogP contribution in [0.1, 0.15) is 113 Å². The van der Waals surface area contributed by atoms with Gasteiger partial charge in [-0.2, -0.15) is 0 Å². The molecule has 0 spiro atoms. The van der Waals surface area contributed by atoms with Crippen LogP contribution in [0.5, 0.6) is 0 Å². The monoisotopic (exact) mass is 454 g/mol. The highest BCUT2D eigenvalue weighted by Gasteiger charge is 2.48. The molecule has 0 radical (unpaired) electrons. The maximum Gasteiger partial charge on any atom is 0.0402 e. The lowest BCUT2D eigenvalue weighted by atomic mass is 9.52. The molecular weight excluding hydrogens is 400 g/mol. The quantitative estimate of drug-likeness (QED) is 0.361. The van der Waals surface area contributed by atoms with Crippen molar-refractivity contribution < 1.29 is 5.11 Å². The van der Waals surface area contributed by atoms with E-state index in [0.29, 0.717) is 10.8 Å². The minimum atomic E-state index is 0.250. The minimum absolute atomic E-state index is 0.250. The Morgan fingerprint density at radius 3 is 1.39 bits per heavy atom. The predicted molar refractivity (Wildman–Crippen MR) is 146 cm³/mol. The van der Waals surface area contributed by atoms with E-state index in [9.17, 15) is 0 Å². The Kier molecular flexibility index (Phi) is 10.3. The molecule has 1 nitrogen and oxygen atoms in total. The highest BCUT2D eigenvalue weighted by atomic mass is 16.2. The van der Waals surface area contributed by atoms with E-state index >= 15 is 0 Å². The van der Waals surface area contributed by atoms with Gasteiger partial charge in [0.15, 0.2) is 0 Å². The van der Waals surface area contributed by atoms with Gasteiger partial charge in [-0.25, -0.2) is 0 Å². The van der Waals surface area contributed by atoms with Crippen molar-refractivity contribution in [3.8, 4) is 0 Å². The molecule has 0 saturated heterocycles. The average molecular weight is 455 g/mol. The molecule has 2 saturated carbocycles. The molecule has 0 aromatic heterocycles. The van der Waals surface area contributed by atoms with E-state index in [4.69, 9.17) is 5.11 Å². The average Bonchev–Trinajstić information content (AvgIpc) is 2.80. The molecule has 0 aromatic carbocycles. The molecule has 33 heavy (non-hydrogen) atoms. The standard InChI is InChI=1S/2C15H24.C2H6O/c2*1-11-6-5-7-12(2)13-10-15(3,4)14(13)9-8-11;1-2-3/h2*6,13-14H,2,5,7-10H2,1,3-4H3;3H,2H2,1H3/b2*11-6+;/t2*13-,14-;/m11./s1. The lowest BCUT2D eigenvalue weighted by Gasteiger charge is -2.53. The lowest BCUT2D eigenvalue weighted by Crippen LogP contribution is -2.44. The van der Waals surface area contributed by atoms with Crippen molar-refractivity contribution in [1.29, 1.82) is 0 Å². The third-order valence-corrected chi connectivity index (χ3v) is 9.14. The summed E-state index contributed by atoms with van der Waals surface area (Å²) in [5, 5.41) is 7.57. The van der Waals surface area contributed by atoms with Crippen LogP contribution in [0.15, 0.2) is 47.6 Å². The van der Waals surface area contributed by atoms with Crippen molar-refractivity contribution in [2.24, 2.45) is 34.5 Å². The van der Waals surface area contributed by atoms with Crippen molar-refractivity contribution in [1.82, 2.24) is 0 Å². The Labute approximate surface area is 206 Å². The Balaban J connectivity index is 0.000000209. The van der Waals surface area contributed by atoms with Crippen molar-refractivity contribution in [2.45, 2.75) is 113 Å². The molecule has 0 amide bonds. The first-order chi connectivity index (χ1) is 15.4. The molecule has 188 valence electrons. The van der Waals surface area contributed by atoms with Crippen LogP contribution < -0.4 is 0 Å². The summed E-state index contributed by atoms with van der Waals surface area (Å²) in [4.78, 5) is 0. The summed E-state index contributed by atoms with van der Waals surface area (Å²) in [7, 11) is 0. The van der Waals surface area contributed by atoms with Crippen LogP contribution in [0.2, 0.25) is 0 Å². The first-order valence-corrected chi connectivity index (χ1v) is 13.7. The molecule has 4 rings (SSSR count). The highest BCUT2D eigenvalue weighted by molar-refractivity contribution is 5.17. The van der Waals surface area contributed by atoms with Crippen molar-refractivity contribution in [3.63, 3.8) is 0 Å². The first-order valence-electron chi connectivity index (χ1n) is 13.7. The van der Waals surface area contributed by atoms with Crippen LogP contribution in [0.3, 0.4) is 0 Å². The van der Waals surface area contributed by atoms with Crippen molar-refractivity contribution in [2.75, 3.05) is 6.61 Å². The fraction of sp³-hybridized carbons (Fsp3) is 0.750. The SMILES string of the molecule is C=C1CC/C=C(\C)CC[C@@H]2[C@@H]1CC2(C)C.C=C1CC/C=C(\C)CC[C@@H]2[C@@H]1CC2(C)C.CCO. The van der Waals surface area contributed by atoms with Gasteiger partial charge in [-0.3, -0.25) is 0 Å². The molecule has 4 aliphatic carbocycles. The second-order valence-corrected chi connectivity index (χ2v) is 12.7. The normalized spacial score (nSPS) is 35.9. The Morgan fingerprint density at radius 1 is 0.758 bits per heavy atom. The number of rotatable bonds is 0. The maximum absolute atomic E-state index is 7.57. The maximum atomic E-state index is 7.57. The number of hydrogen-bond donors (Lipinski definition) is 1. The fourth-order valence-electron chi connectivity index (χ4n) is 6.88. The van der Waals surface area contributed by atoms with Crippen LogP contribution in [-0.4, -0.2) is 11.7 Å². The number of aliphatic hydroxyl groups excluding tert-OH is 1. The summed E-state index contributed by atoms with van der Waals surface area (Å²) in [6.45, 7) is 24.8. The molecule has 0 heterocycles. The van der Waals surface area contributed by atoms with Crippen molar-refractivity contribution in [3.05, 3.63) is 47.6 Å². The molecule has 1 heteroatoms. The first kappa shape index (κ1) is 28.2. The number of hydrogen-bond acceptors (Lipinski definition) is 1. The van der Waals surface area contributed by atoms with Gasteiger partial charge in [0.05, 0.1) is 0 Å². The number of fused-ring (bicyclic) bond motifs is 2. The summed E-state index contributed by atoms with van der Waals surface area (Å²) in [6.07, 6.45) is 17.8. The topological polar surface area (TPSA) is 20.2 Å². The second kappa shape index (κ2) is 12.1. The van der Waals surface area contributed by atoms with Gasteiger partial charge in [-0.05, 0) is 119 Å². The minimum Gasteiger partial charge on any atom is -0.397 e. The zero-order chi connectivity index (χ0) is 24.8. The molecule has 2 fully saturated rings. The smallest absolute Gasteiger partial charge is 0.0402 e. The largest absolute Gasteiger partial charge is 0.397 e. The zero-order valence-corrected chi connectivity index (χ0v) is 23.1. The summed E-state index contributed by atoms with van der Waals surface area (Å²) < 4.78 is 0. The summed E-state index contributed by atoms with van der Waals surface area (Å²) in [5.41, 5.74) is 7.35. The second-order valence-electron chi connectivity index (χ2n) is 12.7. The van der Waals surface area contributed by atoms with Gasteiger partial charge in [-0.15, -0.1) is 0 Å². The van der Waals surface area contributed by atoms with Gasteiger partial charge < -0.3 is 5.11 Å². The van der Waals surface area contributed by atoms with Crippen LogP contribution >= 0.6 is 0 Å². The number of aliphatic hydroxyl groups is 1. The van der Waals surface area contributed by atoms with E-state index in [1.165, 1.54) is 75.4 Å². The highest BCUT2D eigenvalue weighted by Crippen LogP contribution is 2.57. The van der Waals surface area contributed by atoms with E-state index in [1.54, 1.807) is 18.1 Å². The molecule has 0 aromatic rings. The Morgan fingerprint density at radius 2 is 1.09 bits per heavy atom. The van der Waals surface area contributed by atoms with Gasteiger partial charge >= 0.3 is 0 Å². The third-order valence-electron chi connectivity index (χ3n) is 9.14. The van der Waals surface area contributed by atoms with Gasteiger partial charge in [0, 0.05) is 6.61 Å². The third kappa shape index (κ3) is 7.45. The van der Waals surface area contributed by atoms with E-state index in [-0.39, 0.29) is 6.61 Å². The van der Waals surface area contributed by atoms with Crippen LogP contribution in [0.25, 0.3) is 0 Å². The molecular formula is C32H54O. The predicted octanol–water partition coefficient (Wildman–Crippen LogP) is 9.45. The fourth-order valence-corrected chi connectivity index (χ4v) is 6.88. The van der Waals surface area contributed by atoms with E-state index in [2.05, 4.69) is 66.9 Å². The van der Waals surface area contributed by atoms with E-state index in [1.807, 2.05) is 0 Å². The van der Waals surface area contributed by atoms with Gasteiger partial charge in [0.25, 0.3) is 0 Å². The molecule has 0 aliphatic heterocycles. The van der Waals surface area contributed by atoms with Gasteiger partial charge in [-0.1, -0.05) is 75.3 Å². The molecule has 0 unspecified atom stereocenters. The number of allylic oxidation sites excluding steroid dienone is 6. The summed E-state index contributed by atoms with van der Waals surface area (Å²) in [6, 6.07) is 0. The Bertz CT molecular complexity index is 670. The molecule has 0 bridgehead atoms. The van der Waals surface area contributed by atoms with Crippen LogP contribution in [0.4, 0.5) is 0 Å². The summed E-state index contributed by atoms with van der Waals surface area (Å²) >= 11 is 0. The van der Waals surface area contributed by atoms with E-state index in [0.717, 1.165) is 23.7 Å².